The molecule has 0 bridgehead atoms. The van der Waals surface area contributed by atoms with Gasteiger partial charge in [0.2, 0.25) is 5.95 Å². The molecule has 2 heterocycles. The number of hydrogen-bond donors (Lipinski definition) is 2. The quantitative estimate of drug-likeness (QED) is 0.339. The van der Waals surface area contributed by atoms with E-state index in [-0.39, 0.29) is 11.8 Å². The number of aryl methyl sites for hydroxylation is 1. The van der Waals surface area contributed by atoms with E-state index in [9.17, 15) is 4.39 Å². The Hall–Kier alpha value is -3.30. The van der Waals surface area contributed by atoms with Gasteiger partial charge in [-0.1, -0.05) is 17.7 Å². The summed E-state index contributed by atoms with van der Waals surface area (Å²) in [6, 6.07) is 9.45. The monoisotopic (exact) mass is 457 g/mol. The molecule has 0 aliphatic carbocycles. The number of anilines is 4. The van der Waals surface area contributed by atoms with Crippen LogP contribution in [0.25, 0.3) is 0 Å². The minimum absolute atomic E-state index is 0.183. The van der Waals surface area contributed by atoms with Crippen LogP contribution in [-0.4, -0.2) is 48.0 Å². The van der Waals surface area contributed by atoms with E-state index in [1.54, 1.807) is 18.2 Å². The molecule has 0 saturated heterocycles. The molecule has 1 aromatic carbocycles. The van der Waals surface area contributed by atoms with Gasteiger partial charge in [-0.3, -0.25) is 4.98 Å². The molecule has 0 aliphatic heterocycles. The summed E-state index contributed by atoms with van der Waals surface area (Å²) < 4.78 is 19.2. The molecule has 10 heteroatoms. The topological polar surface area (TPSA) is 87.6 Å². The van der Waals surface area contributed by atoms with Crippen LogP contribution in [0.5, 0.6) is 0 Å². The zero-order chi connectivity index (χ0) is 22.9. The number of pyridine rings is 1. The summed E-state index contributed by atoms with van der Waals surface area (Å²) in [6.07, 6.45) is 4.34. The molecule has 8 nitrogen and oxygen atoms in total. The SMILES string of the molecule is CCN(CCOC)c1nc(N/N=C/c2ccc(Nc3ccc(C)c(Cl)c3)cn2)ncc1F. The molecule has 0 atom stereocenters. The number of methoxy groups -OCH3 is 1. The highest BCUT2D eigenvalue weighted by Crippen LogP contribution is 2.23. The maximum Gasteiger partial charge on any atom is 0.245 e. The van der Waals surface area contributed by atoms with Gasteiger partial charge in [-0.2, -0.15) is 10.1 Å². The summed E-state index contributed by atoms with van der Waals surface area (Å²) in [5.41, 5.74) is 6.05. The highest BCUT2D eigenvalue weighted by molar-refractivity contribution is 6.31. The van der Waals surface area contributed by atoms with Crippen molar-refractivity contribution in [2.75, 3.05) is 42.4 Å². The van der Waals surface area contributed by atoms with Crippen LogP contribution < -0.4 is 15.6 Å². The molecule has 0 aliphatic rings. The van der Waals surface area contributed by atoms with E-state index in [4.69, 9.17) is 16.3 Å². The molecule has 3 rings (SSSR count). The largest absolute Gasteiger partial charge is 0.383 e. The van der Waals surface area contributed by atoms with Crippen LogP contribution in [0.4, 0.5) is 27.5 Å². The van der Waals surface area contributed by atoms with Crippen molar-refractivity contribution in [1.29, 1.82) is 0 Å². The molecule has 0 saturated carbocycles. The van der Waals surface area contributed by atoms with Crippen LogP contribution in [0.15, 0.2) is 47.8 Å². The second kappa shape index (κ2) is 11.4. The van der Waals surface area contributed by atoms with E-state index in [2.05, 4.69) is 30.8 Å². The van der Waals surface area contributed by atoms with Crippen molar-refractivity contribution in [3.63, 3.8) is 0 Å². The summed E-state index contributed by atoms with van der Waals surface area (Å²) in [7, 11) is 1.60. The number of likely N-dealkylation sites (N-methyl/N-ethyl adjacent to an activating group) is 1. The van der Waals surface area contributed by atoms with Gasteiger partial charge in [0.25, 0.3) is 0 Å². The van der Waals surface area contributed by atoms with E-state index < -0.39 is 5.82 Å². The fourth-order valence-electron chi connectivity index (χ4n) is 2.80. The van der Waals surface area contributed by atoms with Crippen molar-refractivity contribution in [3.8, 4) is 0 Å². The molecular weight excluding hydrogens is 433 g/mol. The highest BCUT2D eigenvalue weighted by Gasteiger charge is 2.13. The molecular formula is C22H25ClFN7O. The number of benzene rings is 1. The third-order valence-corrected chi connectivity index (χ3v) is 4.99. The zero-order valence-electron chi connectivity index (χ0n) is 18.1. The van der Waals surface area contributed by atoms with Gasteiger partial charge in [0.1, 0.15) is 0 Å². The average Bonchev–Trinajstić information content (AvgIpc) is 2.80. The normalized spacial score (nSPS) is 11.0. The van der Waals surface area contributed by atoms with E-state index in [1.165, 1.54) is 6.21 Å². The average molecular weight is 458 g/mol. The number of aromatic nitrogens is 3. The molecule has 0 unspecified atom stereocenters. The molecule has 2 N–H and O–H groups in total. The summed E-state index contributed by atoms with van der Waals surface area (Å²) in [5, 5.41) is 8.04. The van der Waals surface area contributed by atoms with E-state index in [0.717, 1.165) is 23.1 Å². The lowest BCUT2D eigenvalue weighted by atomic mass is 10.2. The first-order valence-corrected chi connectivity index (χ1v) is 10.4. The fourth-order valence-corrected chi connectivity index (χ4v) is 2.98. The lowest BCUT2D eigenvalue weighted by molar-refractivity contribution is 0.205. The summed E-state index contributed by atoms with van der Waals surface area (Å²) >= 11 is 6.16. The van der Waals surface area contributed by atoms with E-state index in [1.807, 2.05) is 44.2 Å². The Labute approximate surface area is 191 Å². The van der Waals surface area contributed by atoms with Gasteiger partial charge in [-0.25, -0.2) is 14.8 Å². The molecule has 3 aromatic rings. The summed E-state index contributed by atoms with van der Waals surface area (Å²) in [6.45, 7) is 5.43. The molecule has 32 heavy (non-hydrogen) atoms. The third-order valence-electron chi connectivity index (χ3n) is 4.58. The third kappa shape index (κ3) is 6.35. The van der Waals surface area contributed by atoms with Crippen molar-refractivity contribution in [2.45, 2.75) is 13.8 Å². The van der Waals surface area contributed by atoms with Crippen LogP contribution in [0, 0.1) is 12.7 Å². The zero-order valence-corrected chi connectivity index (χ0v) is 18.9. The Morgan fingerprint density at radius 3 is 2.69 bits per heavy atom. The maximum absolute atomic E-state index is 14.2. The number of ether oxygens (including phenoxy) is 1. The fraction of sp³-hybridized carbons (Fsp3) is 0.273. The van der Waals surface area contributed by atoms with Crippen molar-refractivity contribution < 1.29 is 9.13 Å². The van der Waals surface area contributed by atoms with Crippen LogP contribution in [0.1, 0.15) is 18.2 Å². The number of rotatable bonds is 10. The van der Waals surface area contributed by atoms with Crippen LogP contribution in [-0.2, 0) is 4.74 Å². The molecule has 0 fully saturated rings. The Balaban J connectivity index is 1.62. The first-order valence-electron chi connectivity index (χ1n) is 10.0. The lowest BCUT2D eigenvalue weighted by Crippen LogP contribution is -2.29. The Morgan fingerprint density at radius 2 is 2.00 bits per heavy atom. The second-order valence-corrected chi connectivity index (χ2v) is 7.28. The molecule has 0 amide bonds. The van der Waals surface area contributed by atoms with Gasteiger partial charge in [-0.15, -0.1) is 0 Å². The van der Waals surface area contributed by atoms with E-state index in [0.29, 0.717) is 30.4 Å². The molecule has 0 radical (unpaired) electrons. The molecule has 0 spiro atoms. The molecule has 2 aromatic heterocycles. The first kappa shape index (κ1) is 23.4. The predicted molar refractivity (Wildman–Crippen MR) is 127 cm³/mol. The smallest absolute Gasteiger partial charge is 0.245 e. The number of halogens is 2. The van der Waals surface area contributed by atoms with Crippen molar-refractivity contribution in [2.24, 2.45) is 5.10 Å². The Kier molecular flexibility index (Phi) is 8.29. The van der Waals surface area contributed by atoms with Gasteiger partial charge in [-0.05, 0) is 43.7 Å². The van der Waals surface area contributed by atoms with Crippen LogP contribution in [0.3, 0.4) is 0 Å². The Bertz CT molecular complexity index is 1060. The lowest BCUT2D eigenvalue weighted by Gasteiger charge is -2.21. The summed E-state index contributed by atoms with van der Waals surface area (Å²) in [4.78, 5) is 14.3. The predicted octanol–water partition coefficient (Wildman–Crippen LogP) is 4.63. The van der Waals surface area contributed by atoms with Crippen LogP contribution >= 0.6 is 11.6 Å². The van der Waals surface area contributed by atoms with Gasteiger partial charge >= 0.3 is 0 Å². The standard InChI is InChI=1S/C22H25ClFN7O/c1-4-31(9-10-32-3)21-20(24)14-26-22(29-21)30-27-13-17-7-8-18(12-25-17)28-16-6-5-15(2)19(23)11-16/h5-8,11-14,28H,4,9-10H2,1-3H3,(H,26,29,30)/b27-13+. The van der Waals surface area contributed by atoms with Crippen molar-refractivity contribution in [3.05, 3.63) is 64.8 Å². The second-order valence-electron chi connectivity index (χ2n) is 6.87. The highest BCUT2D eigenvalue weighted by atomic mass is 35.5. The number of hydrogen-bond acceptors (Lipinski definition) is 8. The number of nitrogens with one attached hydrogen (secondary N) is 2. The summed E-state index contributed by atoms with van der Waals surface area (Å²) in [5.74, 6) is -0.123. The van der Waals surface area contributed by atoms with Gasteiger partial charge in [0, 0.05) is 30.9 Å². The first-order chi connectivity index (χ1) is 15.5. The number of hydrazone groups is 1. The maximum atomic E-state index is 14.2. The van der Waals surface area contributed by atoms with Gasteiger partial charge < -0.3 is 15.0 Å². The minimum atomic E-state index is -0.503. The minimum Gasteiger partial charge on any atom is -0.383 e. The van der Waals surface area contributed by atoms with Crippen molar-refractivity contribution in [1.82, 2.24) is 15.0 Å². The van der Waals surface area contributed by atoms with Gasteiger partial charge in [0.15, 0.2) is 11.6 Å². The van der Waals surface area contributed by atoms with E-state index >= 15 is 0 Å². The molecule has 168 valence electrons. The van der Waals surface area contributed by atoms with Gasteiger partial charge in [0.05, 0.1) is 36.6 Å². The number of nitrogens with zero attached hydrogens (tertiary/aromatic N) is 5. The van der Waals surface area contributed by atoms with Crippen molar-refractivity contribution >= 4 is 41.0 Å². The van der Waals surface area contributed by atoms with Crippen LogP contribution in [0.2, 0.25) is 5.02 Å². The Morgan fingerprint density at radius 1 is 1.19 bits per heavy atom.